The fraction of sp³-hybridized carbons (Fsp3) is 0.194. The first-order chi connectivity index (χ1) is 32.0. The molecule has 4 heteroatoms. The van der Waals surface area contributed by atoms with Crippen LogP contribution in [0.25, 0.3) is 65.4 Å². The van der Waals surface area contributed by atoms with E-state index in [1.165, 1.54) is 27.6 Å². The summed E-state index contributed by atoms with van der Waals surface area (Å²) in [6, 6.07) is 62.7. The van der Waals surface area contributed by atoms with Crippen LogP contribution in [0, 0.1) is 0 Å². The highest BCUT2D eigenvalue weighted by Crippen LogP contribution is 2.44. The third-order valence-electron chi connectivity index (χ3n) is 13.8. The van der Waals surface area contributed by atoms with Gasteiger partial charge in [-0.1, -0.05) is 116 Å². The molecule has 2 aromatic heterocycles. The highest BCUT2D eigenvalue weighted by Gasteiger charge is 2.20. The number of benzene rings is 9. The highest BCUT2D eigenvalue weighted by molar-refractivity contribution is 6.20. The molecule has 0 amide bonds. The third-order valence-corrected chi connectivity index (χ3v) is 13.8. The van der Waals surface area contributed by atoms with Gasteiger partial charge in [-0.15, -0.1) is 0 Å². The van der Waals surface area contributed by atoms with Crippen LogP contribution in [0.2, 0.25) is 0 Å². The minimum Gasteiger partial charge on any atom is -0.456 e. The van der Waals surface area contributed by atoms with Gasteiger partial charge in [0, 0.05) is 67.1 Å². The molecule has 0 saturated carbocycles. The second-order valence-corrected chi connectivity index (χ2v) is 19.4. The Kier molecular flexibility index (Phi) is 10.2. The summed E-state index contributed by atoms with van der Waals surface area (Å²) in [4.78, 5) is 4.71. The zero-order chi connectivity index (χ0) is 45.4. The summed E-state index contributed by atoms with van der Waals surface area (Å²) < 4.78 is 13.5. The smallest absolute Gasteiger partial charge is 0.143 e. The molecule has 0 bridgehead atoms. The van der Waals surface area contributed by atoms with Crippen LogP contribution in [-0.4, -0.2) is 0 Å². The van der Waals surface area contributed by atoms with Crippen molar-refractivity contribution in [1.82, 2.24) is 0 Å². The lowest BCUT2D eigenvalue weighted by Gasteiger charge is -2.26. The topological polar surface area (TPSA) is 32.8 Å². The van der Waals surface area contributed by atoms with Gasteiger partial charge in [0.25, 0.3) is 0 Å². The first-order valence-corrected chi connectivity index (χ1v) is 23.7. The van der Waals surface area contributed by atoms with Crippen molar-refractivity contribution < 1.29 is 8.83 Å². The Morgan fingerprint density at radius 1 is 0.273 bits per heavy atom. The lowest BCUT2D eigenvalue weighted by atomic mass is 10.0. The molecule has 0 fully saturated rings. The number of anilines is 6. The lowest BCUT2D eigenvalue weighted by molar-refractivity contribution is 0.658. The fourth-order valence-electron chi connectivity index (χ4n) is 9.76. The molecule has 0 aliphatic carbocycles. The average Bonchev–Trinajstić information content (AvgIpc) is 3.87. The van der Waals surface area contributed by atoms with Crippen LogP contribution in [0.4, 0.5) is 34.1 Å². The molecule has 0 aliphatic heterocycles. The number of nitrogens with zero attached hydrogens (tertiary/aromatic N) is 2. The van der Waals surface area contributed by atoms with Crippen LogP contribution in [0.5, 0.6) is 0 Å². The van der Waals surface area contributed by atoms with Crippen LogP contribution in [0.1, 0.15) is 101 Å². The number of rotatable bonds is 10. The van der Waals surface area contributed by atoms with Crippen LogP contribution in [0.3, 0.4) is 0 Å². The molecule has 0 atom stereocenters. The molecule has 11 aromatic rings. The number of furan rings is 2. The van der Waals surface area contributed by atoms with Crippen molar-refractivity contribution in [2.45, 2.75) is 79.1 Å². The van der Waals surface area contributed by atoms with E-state index in [-0.39, 0.29) is 0 Å². The molecule has 66 heavy (non-hydrogen) atoms. The van der Waals surface area contributed by atoms with Gasteiger partial charge in [-0.25, -0.2) is 0 Å². The zero-order valence-electron chi connectivity index (χ0n) is 39.2. The number of hydrogen-bond donors (Lipinski definition) is 0. The van der Waals surface area contributed by atoms with Crippen molar-refractivity contribution in [2.24, 2.45) is 0 Å². The number of hydrogen-bond acceptors (Lipinski definition) is 4. The Labute approximate surface area is 387 Å². The molecule has 0 spiro atoms. The predicted octanol–water partition coefficient (Wildman–Crippen LogP) is 19.2. The summed E-state index contributed by atoms with van der Waals surface area (Å²) in [5.74, 6) is 1.87. The van der Waals surface area contributed by atoms with Gasteiger partial charge in [-0.05, 0) is 165 Å². The Morgan fingerprint density at radius 2 is 0.636 bits per heavy atom. The van der Waals surface area contributed by atoms with Crippen molar-refractivity contribution in [3.63, 3.8) is 0 Å². The van der Waals surface area contributed by atoms with E-state index in [1.54, 1.807) is 0 Å². The number of fused-ring (bicyclic) bond motifs is 9. The molecule has 326 valence electrons. The Balaban J connectivity index is 0.975. The summed E-state index contributed by atoms with van der Waals surface area (Å²) in [7, 11) is 0. The van der Waals surface area contributed by atoms with E-state index in [2.05, 4.69) is 235 Å². The average molecular weight is 861 g/mol. The van der Waals surface area contributed by atoms with Crippen LogP contribution >= 0.6 is 0 Å². The molecule has 9 aromatic carbocycles. The molecule has 2 heterocycles. The normalized spacial score (nSPS) is 12.2. The SMILES string of the molecule is CC(C)c1ccc(N(c2ccc(C(C)C)cc2)c2ccc3cc4c(cc3c2)oc2cc3oc5c6ccc(N(c7ccc(C(C)C)cc7)c7ccc(C(C)C)cc7)cc6ccc5c3cc24)cc1. The van der Waals surface area contributed by atoms with Gasteiger partial charge < -0.3 is 18.6 Å². The summed E-state index contributed by atoms with van der Waals surface area (Å²) in [5.41, 5.74) is 15.4. The molecule has 0 aliphatic rings. The first-order valence-electron chi connectivity index (χ1n) is 23.7. The second kappa shape index (κ2) is 16.3. The third kappa shape index (κ3) is 7.26. The summed E-state index contributed by atoms with van der Waals surface area (Å²) >= 11 is 0. The van der Waals surface area contributed by atoms with E-state index in [4.69, 9.17) is 8.83 Å². The molecular weight excluding hydrogens is 805 g/mol. The maximum atomic E-state index is 6.78. The summed E-state index contributed by atoms with van der Waals surface area (Å²) in [6.45, 7) is 17.9. The van der Waals surface area contributed by atoms with Gasteiger partial charge >= 0.3 is 0 Å². The minimum absolute atomic E-state index is 0.468. The molecule has 0 radical (unpaired) electrons. The van der Waals surface area contributed by atoms with Crippen molar-refractivity contribution in [3.05, 3.63) is 192 Å². The lowest BCUT2D eigenvalue weighted by Crippen LogP contribution is -2.10. The van der Waals surface area contributed by atoms with Crippen LogP contribution in [-0.2, 0) is 0 Å². The molecular formula is C62H56N2O2. The first kappa shape index (κ1) is 41.4. The van der Waals surface area contributed by atoms with E-state index < -0.39 is 0 Å². The van der Waals surface area contributed by atoms with Crippen molar-refractivity contribution in [2.75, 3.05) is 9.80 Å². The molecule has 4 nitrogen and oxygen atoms in total. The van der Waals surface area contributed by atoms with Gasteiger partial charge in [0.15, 0.2) is 0 Å². The van der Waals surface area contributed by atoms with Crippen molar-refractivity contribution >= 4 is 99.5 Å². The van der Waals surface area contributed by atoms with E-state index in [9.17, 15) is 0 Å². The summed E-state index contributed by atoms with van der Waals surface area (Å²) in [6.07, 6.45) is 0. The Bertz CT molecular complexity index is 3350. The van der Waals surface area contributed by atoms with E-state index in [0.29, 0.717) is 23.7 Å². The predicted molar refractivity (Wildman–Crippen MR) is 282 cm³/mol. The summed E-state index contributed by atoms with van der Waals surface area (Å²) in [5, 5.41) is 8.87. The monoisotopic (exact) mass is 860 g/mol. The maximum absolute atomic E-state index is 6.78. The Hall–Kier alpha value is -7.30. The quantitative estimate of drug-likeness (QED) is 0.137. The van der Waals surface area contributed by atoms with E-state index >= 15 is 0 Å². The van der Waals surface area contributed by atoms with Gasteiger partial charge in [-0.3, -0.25) is 0 Å². The maximum Gasteiger partial charge on any atom is 0.143 e. The van der Waals surface area contributed by atoms with E-state index in [0.717, 1.165) is 94.2 Å². The molecule has 0 N–H and O–H groups in total. The zero-order valence-corrected chi connectivity index (χ0v) is 39.2. The minimum atomic E-state index is 0.468. The molecule has 11 rings (SSSR count). The van der Waals surface area contributed by atoms with Gasteiger partial charge in [0.05, 0.1) is 0 Å². The van der Waals surface area contributed by atoms with E-state index in [1.807, 2.05) is 0 Å². The second-order valence-electron chi connectivity index (χ2n) is 19.4. The van der Waals surface area contributed by atoms with Crippen LogP contribution < -0.4 is 9.80 Å². The largest absolute Gasteiger partial charge is 0.456 e. The van der Waals surface area contributed by atoms with Gasteiger partial charge in [0.2, 0.25) is 0 Å². The van der Waals surface area contributed by atoms with Crippen LogP contribution in [0.15, 0.2) is 179 Å². The Morgan fingerprint density at radius 3 is 1.12 bits per heavy atom. The standard InChI is InChI=1S/C62H56N2O2/c1-37(2)41-9-19-48(20-10-41)63(49-21-11-42(12-22-49)38(3)4)52-27-17-45-33-56-58-35-57-55-29-18-46-31-53(28-30-54(46)62(55)66-61(57)36-60(58)65-59(56)34-47(45)32-52)64(50-23-13-43(14-24-50)39(5)6)51-25-15-44(16-26-51)40(7)8/h9-40H,1-8H3. The van der Waals surface area contributed by atoms with Crippen molar-refractivity contribution in [1.29, 1.82) is 0 Å². The molecule has 0 unspecified atom stereocenters. The fourth-order valence-corrected chi connectivity index (χ4v) is 9.76. The van der Waals surface area contributed by atoms with Gasteiger partial charge in [0.1, 0.15) is 22.3 Å². The van der Waals surface area contributed by atoms with Crippen molar-refractivity contribution in [3.8, 4) is 0 Å². The highest BCUT2D eigenvalue weighted by atomic mass is 16.3. The molecule has 0 saturated heterocycles. The van der Waals surface area contributed by atoms with Gasteiger partial charge in [-0.2, -0.15) is 0 Å².